The Morgan fingerprint density at radius 1 is 0.310 bits per heavy atom. The van der Waals surface area contributed by atoms with Gasteiger partial charge in [-0.05, 0) is 98.4 Å². The molecule has 0 saturated carbocycles. The first kappa shape index (κ1) is 33.6. The number of nitrogens with zero attached hydrogens (tertiary/aromatic N) is 2. The van der Waals surface area contributed by atoms with Crippen molar-refractivity contribution in [2.75, 3.05) is 4.90 Å². The Kier molecular flexibility index (Phi) is 8.19. The van der Waals surface area contributed by atoms with E-state index in [4.69, 9.17) is 0 Å². The van der Waals surface area contributed by atoms with E-state index in [-0.39, 0.29) is 0 Å². The summed E-state index contributed by atoms with van der Waals surface area (Å²) < 4.78 is 2.52. The zero-order chi connectivity index (χ0) is 38.4. The molecule has 0 radical (unpaired) electrons. The van der Waals surface area contributed by atoms with Crippen molar-refractivity contribution in [2.45, 2.75) is 0 Å². The molecule has 272 valence electrons. The molecular formula is C56H38N2. The van der Waals surface area contributed by atoms with Gasteiger partial charge in [-0.2, -0.15) is 0 Å². The van der Waals surface area contributed by atoms with Crippen molar-refractivity contribution in [1.82, 2.24) is 4.57 Å². The van der Waals surface area contributed by atoms with Crippen molar-refractivity contribution in [3.05, 3.63) is 231 Å². The van der Waals surface area contributed by atoms with Crippen LogP contribution in [0, 0.1) is 0 Å². The number of para-hydroxylation sites is 3. The highest BCUT2D eigenvalue weighted by molar-refractivity contribution is 6.17. The molecule has 0 spiro atoms. The molecule has 2 heteroatoms. The smallest absolute Gasteiger partial charge is 0.0618 e. The largest absolute Gasteiger partial charge is 0.310 e. The van der Waals surface area contributed by atoms with E-state index in [0.29, 0.717) is 0 Å². The molecular weight excluding hydrogens is 701 g/mol. The molecule has 10 aromatic carbocycles. The Bertz CT molecular complexity index is 3170. The van der Waals surface area contributed by atoms with E-state index < -0.39 is 0 Å². The summed E-state index contributed by atoms with van der Waals surface area (Å²) in [4.78, 5) is 2.41. The lowest BCUT2D eigenvalue weighted by Crippen LogP contribution is -2.10. The first-order chi connectivity index (χ1) is 28.8. The summed E-state index contributed by atoms with van der Waals surface area (Å²) in [6.45, 7) is 0. The lowest BCUT2D eigenvalue weighted by Gasteiger charge is -2.27. The fraction of sp³-hybridized carbons (Fsp3) is 0. The quantitative estimate of drug-likeness (QED) is 0.158. The number of aromatic nitrogens is 1. The van der Waals surface area contributed by atoms with E-state index in [1.165, 1.54) is 65.7 Å². The van der Waals surface area contributed by atoms with Crippen molar-refractivity contribution >= 4 is 60.4 Å². The molecule has 0 saturated heterocycles. The Balaban J connectivity index is 1.20. The maximum absolute atomic E-state index is 2.52. The van der Waals surface area contributed by atoms with Gasteiger partial charge in [0.25, 0.3) is 0 Å². The zero-order valence-electron chi connectivity index (χ0n) is 31.8. The predicted molar refractivity (Wildman–Crippen MR) is 247 cm³/mol. The average molecular weight is 739 g/mol. The van der Waals surface area contributed by atoms with Gasteiger partial charge in [0.1, 0.15) is 0 Å². The summed E-state index contributed by atoms with van der Waals surface area (Å²) in [5.41, 5.74) is 13.9. The molecule has 1 heterocycles. The maximum Gasteiger partial charge on any atom is 0.0618 e. The van der Waals surface area contributed by atoms with Gasteiger partial charge in [-0.3, -0.25) is 0 Å². The molecule has 2 nitrogen and oxygen atoms in total. The molecule has 0 fully saturated rings. The normalized spacial score (nSPS) is 11.4. The van der Waals surface area contributed by atoms with Gasteiger partial charge in [0.05, 0.1) is 22.4 Å². The number of benzene rings is 10. The Morgan fingerprint density at radius 2 is 0.793 bits per heavy atom. The van der Waals surface area contributed by atoms with Crippen LogP contribution in [0.2, 0.25) is 0 Å². The minimum atomic E-state index is 1.10. The van der Waals surface area contributed by atoms with Crippen LogP contribution in [0.1, 0.15) is 0 Å². The molecule has 0 unspecified atom stereocenters. The van der Waals surface area contributed by atoms with Gasteiger partial charge in [0.15, 0.2) is 0 Å². The predicted octanol–water partition coefficient (Wildman–Crippen LogP) is 15.6. The Morgan fingerprint density at radius 3 is 1.45 bits per heavy atom. The Hall–Kier alpha value is -7.68. The van der Waals surface area contributed by atoms with Crippen LogP contribution in [0.25, 0.3) is 82.4 Å². The SMILES string of the molecule is c1ccc(-c2ccc(N(c3ccccc3)c3cccc4c3c3ccccc3n4-c3c(-c4ccc5ccccc5c4)cccc3-c3ccc4ccccc4c3)cc2)cc1. The standard InChI is InChI=1S/C56H38N2/c1-3-15-39(16-4-1)42-33-35-48(36-34-42)57(47-21-5-2-6-22-47)53-27-14-28-54-55(53)51-23-11-12-26-52(51)58(54)56-49(45-31-29-40-17-7-9-19-43(40)37-45)24-13-25-50(56)46-32-30-41-18-8-10-20-44(41)38-46/h1-38H. The summed E-state index contributed by atoms with van der Waals surface area (Å²) in [6, 6.07) is 83.8. The molecule has 0 amide bonds. The molecule has 1 aromatic heterocycles. The number of hydrogen-bond donors (Lipinski definition) is 0. The number of fused-ring (bicyclic) bond motifs is 5. The van der Waals surface area contributed by atoms with Crippen LogP contribution in [0.3, 0.4) is 0 Å². The van der Waals surface area contributed by atoms with Crippen molar-refractivity contribution in [2.24, 2.45) is 0 Å². The van der Waals surface area contributed by atoms with Gasteiger partial charge in [0, 0.05) is 33.3 Å². The molecule has 0 N–H and O–H groups in total. The highest BCUT2D eigenvalue weighted by atomic mass is 15.1. The lowest BCUT2D eigenvalue weighted by atomic mass is 9.93. The van der Waals surface area contributed by atoms with Crippen molar-refractivity contribution < 1.29 is 0 Å². The molecule has 0 bridgehead atoms. The first-order valence-corrected chi connectivity index (χ1v) is 19.9. The van der Waals surface area contributed by atoms with Crippen LogP contribution in [-0.4, -0.2) is 4.57 Å². The summed E-state index contributed by atoms with van der Waals surface area (Å²) in [6.07, 6.45) is 0. The lowest BCUT2D eigenvalue weighted by molar-refractivity contribution is 1.18. The summed E-state index contributed by atoms with van der Waals surface area (Å²) in [5.74, 6) is 0. The van der Waals surface area contributed by atoms with Gasteiger partial charge in [0.2, 0.25) is 0 Å². The maximum atomic E-state index is 2.52. The second-order valence-corrected chi connectivity index (χ2v) is 14.9. The molecule has 0 aliphatic carbocycles. The van der Waals surface area contributed by atoms with Gasteiger partial charge in [-0.1, -0.05) is 176 Å². The minimum Gasteiger partial charge on any atom is -0.310 e. The molecule has 11 aromatic rings. The van der Waals surface area contributed by atoms with Gasteiger partial charge >= 0.3 is 0 Å². The van der Waals surface area contributed by atoms with Crippen molar-refractivity contribution in [1.29, 1.82) is 0 Å². The monoisotopic (exact) mass is 738 g/mol. The van der Waals surface area contributed by atoms with Crippen LogP contribution in [0.4, 0.5) is 17.1 Å². The second kappa shape index (κ2) is 14.1. The molecule has 0 atom stereocenters. The van der Waals surface area contributed by atoms with E-state index in [2.05, 4.69) is 240 Å². The molecule has 11 rings (SSSR count). The number of anilines is 3. The van der Waals surface area contributed by atoms with E-state index in [1.807, 2.05) is 0 Å². The van der Waals surface area contributed by atoms with E-state index >= 15 is 0 Å². The van der Waals surface area contributed by atoms with Crippen LogP contribution >= 0.6 is 0 Å². The summed E-state index contributed by atoms with van der Waals surface area (Å²) >= 11 is 0. The number of hydrogen-bond acceptors (Lipinski definition) is 1. The van der Waals surface area contributed by atoms with Crippen molar-refractivity contribution in [3.8, 4) is 39.1 Å². The highest BCUT2D eigenvalue weighted by Gasteiger charge is 2.24. The van der Waals surface area contributed by atoms with E-state index in [9.17, 15) is 0 Å². The highest BCUT2D eigenvalue weighted by Crippen LogP contribution is 2.47. The van der Waals surface area contributed by atoms with Crippen LogP contribution in [0.5, 0.6) is 0 Å². The van der Waals surface area contributed by atoms with E-state index in [0.717, 1.165) is 33.8 Å². The topological polar surface area (TPSA) is 8.17 Å². The van der Waals surface area contributed by atoms with Crippen molar-refractivity contribution in [3.63, 3.8) is 0 Å². The zero-order valence-corrected chi connectivity index (χ0v) is 31.8. The third-order valence-electron chi connectivity index (χ3n) is 11.5. The number of rotatable bonds is 7. The average Bonchev–Trinajstić information content (AvgIpc) is 3.64. The van der Waals surface area contributed by atoms with Crippen LogP contribution in [-0.2, 0) is 0 Å². The van der Waals surface area contributed by atoms with Gasteiger partial charge in [-0.15, -0.1) is 0 Å². The summed E-state index contributed by atoms with van der Waals surface area (Å²) in [5, 5.41) is 7.32. The minimum absolute atomic E-state index is 1.10. The van der Waals surface area contributed by atoms with Gasteiger partial charge < -0.3 is 9.47 Å². The molecule has 58 heavy (non-hydrogen) atoms. The van der Waals surface area contributed by atoms with Crippen LogP contribution in [0.15, 0.2) is 231 Å². The van der Waals surface area contributed by atoms with Crippen LogP contribution < -0.4 is 4.90 Å². The first-order valence-electron chi connectivity index (χ1n) is 19.9. The summed E-state index contributed by atoms with van der Waals surface area (Å²) in [7, 11) is 0. The van der Waals surface area contributed by atoms with Gasteiger partial charge in [-0.25, -0.2) is 0 Å². The second-order valence-electron chi connectivity index (χ2n) is 14.9. The Labute approximate surface area is 338 Å². The van der Waals surface area contributed by atoms with E-state index in [1.54, 1.807) is 0 Å². The molecule has 0 aliphatic rings. The molecule has 0 aliphatic heterocycles. The third kappa shape index (κ3) is 5.74. The third-order valence-corrected chi connectivity index (χ3v) is 11.5. The fourth-order valence-electron chi connectivity index (χ4n) is 8.83. The fourth-order valence-corrected chi connectivity index (χ4v) is 8.83.